The monoisotopic (exact) mass is 268 g/mol. The molecule has 0 aromatic carbocycles. The maximum absolute atomic E-state index is 5.72. The van der Waals surface area contributed by atoms with Crippen LogP contribution in [0.4, 0.5) is 0 Å². The molecule has 0 amide bonds. The van der Waals surface area contributed by atoms with Crippen molar-refractivity contribution in [3.05, 3.63) is 29.0 Å². The van der Waals surface area contributed by atoms with Crippen molar-refractivity contribution in [1.29, 1.82) is 0 Å². The van der Waals surface area contributed by atoms with Gasteiger partial charge in [0.25, 0.3) is 0 Å². The van der Waals surface area contributed by atoms with Crippen molar-refractivity contribution < 1.29 is 4.74 Å². The smallest absolute Gasteiger partial charge is 0.129 e. The molecule has 1 aliphatic rings. The molecule has 1 fully saturated rings. The van der Waals surface area contributed by atoms with Gasteiger partial charge in [0.2, 0.25) is 0 Å². The number of pyridine rings is 1. The molecule has 0 bridgehead atoms. The average Bonchev–Trinajstić information content (AvgIpc) is 2.42. The van der Waals surface area contributed by atoms with Gasteiger partial charge in [0.05, 0.1) is 6.61 Å². The summed E-state index contributed by atoms with van der Waals surface area (Å²) in [7, 11) is 0. The summed E-state index contributed by atoms with van der Waals surface area (Å²) in [5.41, 5.74) is 1.08. The number of piperidine rings is 1. The van der Waals surface area contributed by atoms with Gasteiger partial charge in [-0.1, -0.05) is 17.7 Å². The van der Waals surface area contributed by atoms with E-state index in [0.717, 1.165) is 24.5 Å². The highest BCUT2D eigenvalue weighted by Crippen LogP contribution is 2.17. The standard InChI is InChI=1S/C14H21ClN2O/c15-14-4-3-13(10-17-14)11-18-9-1-2-12-5-7-16-8-6-12/h3-4,10,12,16H,1-2,5-9,11H2. The van der Waals surface area contributed by atoms with Crippen LogP contribution in [0.1, 0.15) is 31.2 Å². The van der Waals surface area contributed by atoms with E-state index in [1.54, 1.807) is 12.3 Å². The Morgan fingerprint density at radius 3 is 2.89 bits per heavy atom. The van der Waals surface area contributed by atoms with Crippen LogP contribution in [0.3, 0.4) is 0 Å². The first-order valence-electron chi connectivity index (χ1n) is 6.73. The summed E-state index contributed by atoms with van der Waals surface area (Å²) in [6, 6.07) is 3.76. The maximum Gasteiger partial charge on any atom is 0.129 e. The van der Waals surface area contributed by atoms with E-state index in [1.807, 2.05) is 6.07 Å². The van der Waals surface area contributed by atoms with Gasteiger partial charge in [-0.05, 0) is 56.3 Å². The van der Waals surface area contributed by atoms with Gasteiger partial charge < -0.3 is 10.1 Å². The number of hydrogen-bond donors (Lipinski definition) is 1. The molecule has 0 atom stereocenters. The lowest BCUT2D eigenvalue weighted by molar-refractivity contribution is 0.112. The normalized spacial score (nSPS) is 16.9. The van der Waals surface area contributed by atoms with Gasteiger partial charge in [-0.25, -0.2) is 4.98 Å². The van der Waals surface area contributed by atoms with Crippen LogP contribution in [0, 0.1) is 5.92 Å². The molecule has 3 nitrogen and oxygen atoms in total. The number of nitrogens with zero attached hydrogens (tertiary/aromatic N) is 1. The van der Waals surface area contributed by atoms with Gasteiger partial charge in [-0.3, -0.25) is 0 Å². The molecule has 1 saturated heterocycles. The number of rotatable bonds is 6. The second kappa shape index (κ2) is 7.72. The lowest BCUT2D eigenvalue weighted by atomic mass is 9.93. The summed E-state index contributed by atoms with van der Waals surface area (Å²) in [6.07, 6.45) is 6.86. The van der Waals surface area contributed by atoms with Crippen LogP contribution in [-0.4, -0.2) is 24.7 Å². The molecular weight excluding hydrogens is 248 g/mol. The van der Waals surface area contributed by atoms with E-state index >= 15 is 0 Å². The minimum absolute atomic E-state index is 0.532. The van der Waals surface area contributed by atoms with Crippen molar-refractivity contribution in [2.75, 3.05) is 19.7 Å². The number of halogens is 1. The first-order valence-corrected chi connectivity index (χ1v) is 7.11. The third-order valence-corrected chi connectivity index (χ3v) is 3.64. The molecule has 0 unspecified atom stereocenters. The van der Waals surface area contributed by atoms with E-state index in [1.165, 1.54) is 32.4 Å². The zero-order valence-corrected chi connectivity index (χ0v) is 11.5. The minimum atomic E-state index is 0.532. The molecule has 1 aromatic heterocycles. The minimum Gasteiger partial charge on any atom is -0.377 e. The summed E-state index contributed by atoms with van der Waals surface area (Å²) in [5.74, 6) is 0.895. The first-order chi connectivity index (χ1) is 8.84. The number of hydrogen-bond acceptors (Lipinski definition) is 3. The fraction of sp³-hybridized carbons (Fsp3) is 0.643. The van der Waals surface area contributed by atoms with Crippen LogP contribution in [0.15, 0.2) is 18.3 Å². The van der Waals surface area contributed by atoms with E-state index in [2.05, 4.69) is 10.3 Å². The Kier molecular flexibility index (Phi) is 5.91. The Labute approximate surface area is 114 Å². The van der Waals surface area contributed by atoms with Crippen LogP contribution in [-0.2, 0) is 11.3 Å². The number of ether oxygens (including phenoxy) is 1. The fourth-order valence-electron chi connectivity index (χ4n) is 2.33. The largest absolute Gasteiger partial charge is 0.377 e. The van der Waals surface area contributed by atoms with Crippen molar-refractivity contribution in [1.82, 2.24) is 10.3 Å². The van der Waals surface area contributed by atoms with E-state index in [0.29, 0.717) is 11.8 Å². The van der Waals surface area contributed by atoms with Gasteiger partial charge in [0.1, 0.15) is 5.15 Å². The molecule has 0 spiro atoms. The Morgan fingerprint density at radius 2 is 2.17 bits per heavy atom. The van der Waals surface area contributed by atoms with Crippen LogP contribution in [0.2, 0.25) is 5.15 Å². The number of nitrogens with one attached hydrogen (secondary N) is 1. The van der Waals surface area contributed by atoms with Gasteiger partial charge in [0.15, 0.2) is 0 Å². The second-order valence-electron chi connectivity index (χ2n) is 4.88. The van der Waals surface area contributed by atoms with Gasteiger partial charge >= 0.3 is 0 Å². The van der Waals surface area contributed by atoms with Crippen LogP contribution in [0.5, 0.6) is 0 Å². The zero-order chi connectivity index (χ0) is 12.6. The summed E-state index contributed by atoms with van der Waals surface area (Å²) in [5, 5.41) is 3.93. The maximum atomic E-state index is 5.72. The van der Waals surface area contributed by atoms with E-state index in [4.69, 9.17) is 16.3 Å². The molecular formula is C14H21ClN2O. The molecule has 2 rings (SSSR count). The molecule has 0 aliphatic carbocycles. The SMILES string of the molecule is Clc1ccc(COCCCC2CCNCC2)cn1. The molecule has 2 heterocycles. The van der Waals surface area contributed by atoms with Crippen LogP contribution >= 0.6 is 11.6 Å². The van der Waals surface area contributed by atoms with Crippen molar-refractivity contribution in [2.24, 2.45) is 5.92 Å². The summed E-state index contributed by atoms with van der Waals surface area (Å²) in [6.45, 7) is 3.84. The molecule has 0 radical (unpaired) electrons. The van der Waals surface area contributed by atoms with E-state index in [9.17, 15) is 0 Å². The highest BCUT2D eigenvalue weighted by atomic mass is 35.5. The van der Waals surface area contributed by atoms with Crippen LogP contribution in [0.25, 0.3) is 0 Å². The number of aromatic nitrogens is 1. The van der Waals surface area contributed by atoms with E-state index < -0.39 is 0 Å². The lowest BCUT2D eigenvalue weighted by Crippen LogP contribution is -2.27. The van der Waals surface area contributed by atoms with Crippen LogP contribution < -0.4 is 5.32 Å². The Bertz CT molecular complexity index is 336. The fourth-order valence-corrected chi connectivity index (χ4v) is 2.44. The Balaban J connectivity index is 1.54. The summed E-state index contributed by atoms with van der Waals surface area (Å²) < 4.78 is 5.65. The molecule has 1 N–H and O–H groups in total. The van der Waals surface area contributed by atoms with Crippen molar-refractivity contribution in [3.63, 3.8) is 0 Å². The van der Waals surface area contributed by atoms with Gasteiger partial charge in [-0.2, -0.15) is 0 Å². The average molecular weight is 269 g/mol. The highest BCUT2D eigenvalue weighted by molar-refractivity contribution is 6.29. The quantitative estimate of drug-likeness (QED) is 0.636. The Hall–Kier alpha value is -0.640. The predicted molar refractivity (Wildman–Crippen MR) is 73.7 cm³/mol. The summed E-state index contributed by atoms with van der Waals surface area (Å²) in [4.78, 5) is 4.03. The second-order valence-corrected chi connectivity index (χ2v) is 5.26. The topological polar surface area (TPSA) is 34.1 Å². The van der Waals surface area contributed by atoms with Gasteiger partial charge in [-0.15, -0.1) is 0 Å². The van der Waals surface area contributed by atoms with Gasteiger partial charge in [0, 0.05) is 12.8 Å². The highest BCUT2D eigenvalue weighted by Gasteiger charge is 2.11. The van der Waals surface area contributed by atoms with E-state index in [-0.39, 0.29) is 0 Å². The molecule has 18 heavy (non-hydrogen) atoms. The van der Waals surface area contributed by atoms with Crippen molar-refractivity contribution in [2.45, 2.75) is 32.3 Å². The molecule has 0 saturated carbocycles. The Morgan fingerprint density at radius 1 is 1.33 bits per heavy atom. The molecule has 1 aliphatic heterocycles. The third-order valence-electron chi connectivity index (χ3n) is 3.42. The molecule has 4 heteroatoms. The van der Waals surface area contributed by atoms with Crippen molar-refractivity contribution >= 4 is 11.6 Å². The predicted octanol–water partition coefficient (Wildman–Crippen LogP) is 3.03. The molecule has 1 aromatic rings. The zero-order valence-electron chi connectivity index (χ0n) is 10.7. The molecule has 100 valence electrons. The van der Waals surface area contributed by atoms with Crippen molar-refractivity contribution in [3.8, 4) is 0 Å². The lowest BCUT2D eigenvalue weighted by Gasteiger charge is -2.22. The summed E-state index contributed by atoms with van der Waals surface area (Å²) >= 11 is 5.72. The first kappa shape index (κ1) is 13.8. The third kappa shape index (κ3) is 4.92.